The van der Waals surface area contributed by atoms with Crippen LogP contribution in [-0.4, -0.2) is 54.2 Å². The third kappa shape index (κ3) is 5.71. The molecule has 0 spiro atoms. The van der Waals surface area contributed by atoms with Crippen LogP contribution in [0.2, 0.25) is 0 Å². The van der Waals surface area contributed by atoms with E-state index in [0.29, 0.717) is 6.04 Å². The zero-order valence-electron chi connectivity index (χ0n) is 13.1. The van der Waals surface area contributed by atoms with Crippen LogP contribution in [-0.2, 0) is 4.74 Å². The number of carbonyl (C=O) groups excluding carboxylic acids is 1. The van der Waals surface area contributed by atoms with Crippen molar-refractivity contribution in [3.63, 3.8) is 0 Å². The molecule has 1 fully saturated rings. The van der Waals surface area contributed by atoms with Gasteiger partial charge in [0.25, 0.3) is 0 Å². The average molecular weight is 258 g/mol. The van der Waals surface area contributed by atoms with Gasteiger partial charge in [0.2, 0.25) is 0 Å². The van der Waals surface area contributed by atoms with Gasteiger partial charge in [0.15, 0.2) is 0 Å². The molecule has 1 saturated heterocycles. The Morgan fingerprint density at radius 2 is 1.83 bits per heavy atom. The fourth-order valence-electron chi connectivity index (χ4n) is 1.74. The van der Waals surface area contributed by atoms with E-state index in [1.54, 1.807) is 4.90 Å². The first-order valence-electron chi connectivity index (χ1n) is 7.01. The smallest absolute Gasteiger partial charge is 0.410 e. The second-order valence-corrected chi connectivity index (χ2v) is 5.52. The second kappa shape index (κ2) is 7.62. The Labute approximate surface area is 112 Å². The minimum absolute atomic E-state index is 0.186. The molecule has 0 radical (unpaired) electrons. The lowest BCUT2D eigenvalue weighted by atomic mass is 10.1. The van der Waals surface area contributed by atoms with E-state index in [0.717, 1.165) is 26.1 Å². The number of likely N-dealkylation sites (tertiary alicyclic amines) is 1. The van der Waals surface area contributed by atoms with Gasteiger partial charge in [-0.15, -0.1) is 0 Å². The molecule has 0 bridgehead atoms. The summed E-state index contributed by atoms with van der Waals surface area (Å²) in [6.07, 6.45) is 0.966. The van der Waals surface area contributed by atoms with Gasteiger partial charge in [0.1, 0.15) is 5.60 Å². The SMILES string of the molecule is CC.CCCN(C)C1CN(C(=O)OC(C)(C)C)C1. The van der Waals surface area contributed by atoms with Crippen molar-refractivity contribution in [1.29, 1.82) is 0 Å². The largest absolute Gasteiger partial charge is 0.444 e. The molecule has 0 N–H and O–H groups in total. The van der Waals surface area contributed by atoms with E-state index in [1.807, 2.05) is 34.6 Å². The highest BCUT2D eigenvalue weighted by molar-refractivity contribution is 5.69. The summed E-state index contributed by atoms with van der Waals surface area (Å²) < 4.78 is 5.30. The fraction of sp³-hybridized carbons (Fsp3) is 0.929. The van der Waals surface area contributed by atoms with Gasteiger partial charge in [-0.3, -0.25) is 4.90 Å². The van der Waals surface area contributed by atoms with Crippen molar-refractivity contribution >= 4 is 6.09 Å². The molecule has 18 heavy (non-hydrogen) atoms. The molecule has 1 aliphatic heterocycles. The lowest BCUT2D eigenvalue weighted by molar-refractivity contribution is -0.0107. The van der Waals surface area contributed by atoms with Crippen molar-refractivity contribution in [2.75, 3.05) is 26.7 Å². The van der Waals surface area contributed by atoms with Crippen LogP contribution < -0.4 is 0 Å². The molecule has 0 aliphatic carbocycles. The molecule has 0 unspecified atom stereocenters. The van der Waals surface area contributed by atoms with Gasteiger partial charge in [-0.2, -0.15) is 0 Å². The van der Waals surface area contributed by atoms with Gasteiger partial charge in [-0.1, -0.05) is 20.8 Å². The number of hydrogen-bond acceptors (Lipinski definition) is 3. The Morgan fingerprint density at radius 3 is 2.22 bits per heavy atom. The molecule has 4 nitrogen and oxygen atoms in total. The van der Waals surface area contributed by atoms with Gasteiger partial charge in [-0.25, -0.2) is 4.79 Å². The summed E-state index contributed by atoms with van der Waals surface area (Å²) in [5.41, 5.74) is -0.391. The maximum atomic E-state index is 11.7. The van der Waals surface area contributed by atoms with Crippen molar-refractivity contribution in [1.82, 2.24) is 9.80 Å². The molecule has 0 aromatic carbocycles. The van der Waals surface area contributed by atoms with E-state index in [1.165, 1.54) is 0 Å². The Hall–Kier alpha value is -0.770. The third-order valence-electron chi connectivity index (χ3n) is 2.71. The highest BCUT2D eigenvalue weighted by Gasteiger charge is 2.35. The van der Waals surface area contributed by atoms with Gasteiger partial charge >= 0.3 is 6.09 Å². The molecule has 1 heterocycles. The number of rotatable bonds is 3. The van der Waals surface area contributed by atoms with Crippen LogP contribution in [0.4, 0.5) is 4.79 Å². The second-order valence-electron chi connectivity index (χ2n) is 5.52. The van der Waals surface area contributed by atoms with E-state index in [-0.39, 0.29) is 6.09 Å². The molecular weight excluding hydrogens is 228 g/mol. The summed E-state index contributed by atoms with van der Waals surface area (Å²) in [4.78, 5) is 15.7. The van der Waals surface area contributed by atoms with Gasteiger partial charge in [-0.05, 0) is 40.8 Å². The van der Waals surface area contributed by atoms with Gasteiger partial charge in [0.05, 0.1) is 0 Å². The predicted octanol–water partition coefficient (Wildman–Crippen LogP) is 2.97. The lowest BCUT2D eigenvalue weighted by Gasteiger charge is -2.44. The Kier molecular flexibility index (Phi) is 7.29. The van der Waals surface area contributed by atoms with Gasteiger partial charge < -0.3 is 9.64 Å². The highest BCUT2D eigenvalue weighted by Crippen LogP contribution is 2.18. The number of likely N-dealkylation sites (N-methyl/N-ethyl adjacent to an activating group) is 1. The monoisotopic (exact) mass is 258 g/mol. The molecule has 0 aromatic rings. The topological polar surface area (TPSA) is 32.8 Å². The molecule has 1 rings (SSSR count). The van der Waals surface area contributed by atoms with Crippen molar-refractivity contribution in [3.8, 4) is 0 Å². The number of amides is 1. The van der Waals surface area contributed by atoms with Crippen LogP contribution in [0.1, 0.15) is 48.0 Å². The van der Waals surface area contributed by atoms with Crippen LogP contribution in [0.25, 0.3) is 0 Å². The van der Waals surface area contributed by atoms with Crippen LogP contribution in [0.15, 0.2) is 0 Å². The quantitative estimate of drug-likeness (QED) is 0.780. The Balaban J connectivity index is 0.00000137. The summed E-state index contributed by atoms with van der Waals surface area (Å²) in [7, 11) is 2.11. The molecular formula is C14H30N2O2. The Bertz CT molecular complexity index is 243. The number of nitrogens with zero attached hydrogens (tertiary/aromatic N) is 2. The van der Waals surface area contributed by atoms with Crippen LogP contribution in [0, 0.1) is 0 Å². The third-order valence-corrected chi connectivity index (χ3v) is 2.71. The molecule has 1 aliphatic rings. The molecule has 0 aromatic heterocycles. The minimum Gasteiger partial charge on any atom is -0.444 e. The van der Waals surface area contributed by atoms with Crippen LogP contribution in [0.3, 0.4) is 0 Å². The van der Waals surface area contributed by atoms with E-state index >= 15 is 0 Å². The van der Waals surface area contributed by atoms with Crippen molar-refractivity contribution in [2.45, 2.75) is 59.6 Å². The summed E-state index contributed by atoms with van der Waals surface area (Å²) in [5.74, 6) is 0. The van der Waals surface area contributed by atoms with Crippen LogP contribution in [0.5, 0.6) is 0 Å². The van der Waals surface area contributed by atoms with Crippen LogP contribution >= 0.6 is 0 Å². The molecule has 0 saturated carbocycles. The zero-order chi connectivity index (χ0) is 14.3. The summed E-state index contributed by atoms with van der Waals surface area (Å²) >= 11 is 0. The standard InChI is InChI=1S/C12H24N2O2.C2H6/c1-6-7-13(5)10-8-14(9-10)11(15)16-12(2,3)4;1-2/h10H,6-9H2,1-5H3;1-2H3. The normalized spacial score (nSPS) is 15.9. The number of ether oxygens (including phenoxy) is 1. The Morgan fingerprint density at radius 1 is 1.33 bits per heavy atom. The fourth-order valence-corrected chi connectivity index (χ4v) is 1.74. The minimum atomic E-state index is -0.391. The van der Waals surface area contributed by atoms with Gasteiger partial charge in [0, 0.05) is 19.1 Å². The maximum absolute atomic E-state index is 11.7. The first-order valence-corrected chi connectivity index (χ1v) is 7.01. The highest BCUT2D eigenvalue weighted by atomic mass is 16.6. The maximum Gasteiger partial charge on any atom is 0.410 e. The number of hydrogen-bond donors (Lipinski definition) is 0. The predicted molar refractivity (Wildman–Crippen MR) is 75.9 cm³/mol. The first kappa shape index (κ1) is 17.2. The summed E-state index contributed by atoms with van der Waals surface area (Å²) in [6, 6.07) is 0.507. The zero-order valence-corrected chi connectivity index (χ0v) is 13.1. The lowest BCUT2D eigenvalue weighted by Crippen LogP contribution is -2.60. The van der Waals surface area contributed by atoms with E-state index in [4.69, 9.17) is 4.74 Å². The van der Waals surface area contributed by atoms with E-state index < -0.39 is 5.60 Å². The molecule has 4 heteroatoms. The van der Waals surface area contributed by atoms with Crippen molar-refractivity contribution in [2.24, 2.45) is 0 Å². The van der Waals surface area contributed by atoms with E-state index in [9.17, 15) is 4.79 Å². The average Bonchev–Trinajstić information content (AvgIpc) is 2.15. The van der Waals surface area contributed by atoms with Crippen molar-refractivity contribution in [3.05, 3.63) is 0 Å². The number of carbonyl (C=O) groups is 1. The summed E-state index contributed by atoms with van der Waals surface area (Å²) in [5, 5.41) is 0. The van der Waals surface area contributed by atoms with E-state index in [2.05, 4.69) is 18.9 Å². The first-order chi connectivity index (χ1) is 8.33. The molecule has 0 atom stereocenters. The summed E-state index contributed by atoms with van der Waals surface area (Å²) in [6.45, 7) is 14.5. The molecule has 1 amide bonds. The van der Waals surface area contributed by atoms with Crippen molar-refractivity contribution < 1.29 is 9.53 Å². The molecule has 108 valence electrons.